The van der Waals surface area contributed by atoms with E-state index >= 15 is 0 Å². The molecule has 1 aromatic heterocycles. The fraction of sp³-hybridized carbons (Fsp3) is 0.240. The zero-order chi connectivity index (χ0) is 22.0. The van der Waals surface area contributed by atoms with Crippen LogP contribution in [0.4, 0.5) is 0 Å². The van der Waals surface area contributed by atoms with E-state index in [0.29, 0.717) is 18.0 Å². The number of primary amides is 1. The number of nitrogens with two attached hydrogens (primary N) is 1. The summed E-state index contributed by atoms with van der Waals surface area (Å²) in [6.45, 7) is 6.12. The van der Waals surface area contributed by atoms with Crippen molar-refractivity contribution >= 4 is 28.4 Å². The maximum absolute atomic E-state index is 11.9. The number of amides is 1. The summed E-state index contributed by atoms with van der Waals surface area (Å²) >= 11 is 1.38. The Hall–Kier alpha value is -3.12. The fourth-order valence-electron chi connectivity index (χ4n) is 3.88. The highest BCUT2D eigenvalue weighted by atomic mass is 32.2. The van der Waals surface area contributed by atoms with Gasteiger partial charge in [-0.2, -0.15) is 0 Å². The number of carbonyl (C=O) groups excluding carboxylic acids is 1. The molecule has 3 aromatic carbocycles. The van der Waals surface area contributed by atoms with Crippen LogP contribution in [0.3, 0.4) is 0 Å². The summed E-state index contributed by atoms with van der Waals surface area (Å²) in [5, 5.41) is 11.8. The van der Waals surface area contributed by atoms with Gasteiger partial charge in [0.2, 0.25) is 5.91 Å². The normalized spacial score (nSPS) is 12.2. The van der Waals surface area contributed by atoms with E-state index in [1.165, 1.54) is 33.7 Å². The molecule has 6 heteroatoms. The molecular weight excluding hydrogens is 404 g/mol. The molecule has 1 atom stereocenters. The van der Waals surface area contributed by atoms with Crippen LogP contribution in [0.25, 0.3) is 16.5 Å². The Labute approximate surface area is 186 Å². The first-order chi connectivity index (χ1) is 15.0. The number of aromatic nitrogens is 3. The third-order valence-electron chi connectivity index (χ3n) is 5.46. The van der Waals surface area contributed by atoms with Crippen LogP contribution in [0.2, 0.25) is 0 Å². The second-order valence-corrected chi connectivity index (χ2v) is 8.93. The molecule has 4 rings (SSSR count). The Morgan fingerprint density at radius 3 is 2.58 bits per heavy atom. The summed E-state index contributed by atoms with van der Waals surface area (Å²) in [5.41, 5.74) is 10.1. The molecule has 0 aliphatic carbocycles. The molecule has 1 unspecified atom stereocenters. The van der Waals surface area contributed by atoms with E-state index < -0.39 is 0 Å². The first kappa shape index (κ1) is 21.1. The molecule has 0 saturated carbocycles. The highest BCUT2D eigenvalue weighted by Gasteiger charge is 2.22. The van der Waals surface area contributed by atoms with Crippen LogP contribution < -0.4 is 5.73 Å². The first-order valence-electron chi connectivity index (χ1n) is 10.4. The lowest BCUT2D eigenvalue weighted by molar-refractivity contribution is -0.117. The highest BCUT2D eigenvalue weighted by molar-refractivity contribution is 8.00. The predicted octanol–water partition coefficient (Wildman–Crippen LogP) is 4.98. The minimum Gasteiger partial charge on any atom is -0.369 e. The van der Waals surface area contributed by atoms with Gasteiger partial charge in [0.05, 0.1) is 10.9 Å². The van der Waals surface area contributed by atoms with E-state index in [9.17, 15) is 4.79 Å². The van der Waals surface area contributed by atoms with Gasteiger partial charge in [-0.3, -0.25) is 9.36 Å². The average molecular weight is 431 g/mol. The van der Waals surface area contributed by atoms with Gasteiger partial charge in [0.15, 0.2) is 5.16 Å². The molecule has 0 radical (unpaired) electrons. The van der Waals surface area contributed by atoms with Crippen molar-refractivity contribution in [3.05, 3.63) is 83.2 Å². The molecule has 0 fully saturated rings. The van der Waals surface area contributed by atoms with Gasteiger partial charge in [-0.25, -0.2) is 0 Å². The summed E-state index contributed by atoms with van der Waals surface area (Å²) < 4.78 is 2.08. The lowest BCUT2D eigenvalue weighted by Gasteiger charge is -2.16. The molecule has 0 aliphatic heterocycles. The van der Waals surface area contributed by atoms with E-state index in [4.69, 9.17) is 5.73 Å². The molecule has 158 valence electrons. The Balaban J connectivity index is 1.83. The first-order valence-corrected chi connectivity index (χ1v) is 11.3. The van der Waals surface area contributed by atoms with Crippen molar-refractivity contribution in [1.29, 1.82) is 0 Å². The average Bonchev–Trinajstić information content (AvgIpc) is 3.14. The summed E-state index contributed by atoms with van der Waals surface area (Å²) in [4.78, 5) is 11.9. The number of aryl methyl sites for hydroxylation is 2. The van der Waals surface area contributed by atoms with Gasteiger partial charge < -0.3 is 5.73 Å². The highest BCUT2D eigenvalue weighted by Crippen LogP contribution is 2.30. The fourth-order valence-corrected chi connectivity index (χ4v) is 4.81. The third kappa shape index (κ3) is 4.35. The molecule has 0 saturated heterocycles. The van der Waals surface area contributed by atoms with Crippen molar-refractivity contribution in [3.8, 4) is 5.69 Å². The maximum Gasteiger partial charge on any atom is 0.231 e. The number of rotatable bonds is 7. The molecule has 1 heterocycles. The number of benzene rings is 3. The quantitative estimate of drug-likeness (QED) is 0.420. The van der Waals surface area contributed by atoms with Crippen LogP contribution in [-0.2, 0) is 11.2 Å². The van der Waals surface area contributed by atoms with Crippen LogP contribution in [0, 0.1) is 13.8 Å². The SMILES string of the molecule is CCC(Sc1nnc(Cc2cccc3ccccc23)n1-c1ccc(C)cc1C)C(N)=O. The predicted molar refractivity (Wildman–Crippen MR) is 127 cm³/mol. The molecule has 1 amide bonds. The van der Waals surface area contributed by atoms with Crippen LogP contribution in [0.5, 0.6) is 0 Å². The summed E-state index contributed by atoms with van der Waals surface area (Å²) in [6, 6.07) is 21.0. The smallest absolute Gasteiger partial charge is 0.231 e. The van der Waals surface area contributed by atoms with Crippen molar-refractivity contribution < 1.29 is 4.79 Å². The van der Waals surface area contributed by atoms with Gasteiger partial charge in [0, 0.05) is 6.42 Å². The number of hydrogen-bond donors (Lipinski definition) is 1. The largest absolute Gasteiger partial charge is 0.369 e. The van der Waals surface area contributed by atoms with E-state index in [2.05, 4.69) is 83.2 Å². The third-order valence-corrected chi connectivity index (χ3v) is 6.78. The van der Waals surface area contributed by atoms with E-state index in [1.807, 2.05) is 13.0 Å². The van der Waals surface area contributed by atoms with Gasteiger partial charge in [-0.05, 0) is 48.2 Å². The van der Waals surface area contributed by atoms with Crippen LogP contribution >= 0.6 is 11.8 Å². The maximum atomic E-state index is 11.9. The minimum atomic E-state index is -0.348. The Bertz CT molecular complexity index is 1240. The molecule has 4 aromatic rings. The van der Waals surface area contributed by atoms with Crippen molar-refractivity contribution in [2.45, 2.75) is 44.0 Å². The number of nitrogens with zero attached hydrogens (tertiary/aromatic N) is 3. The number of carbonyl (C=O) groups is 1. The number of fused-ring (bicyclic) bond motifs is 1. The number of hydrogen-bond acceptors (Lipinski definition) is 4. The van der Waals surface area contributed by atoms with Gasteiger partial charge in [-0.15, -0.1) is 10.2 Å². The van der Waals surface area contributed by atoms with Crippen molar-refractivity contribution in [2.75, 3.05) is 0 Å². The monoisotopic (exact) mass is 430 g/mol. The Morgan fingerprint density at radius 2 is 1.84 bits per heavy atom. The molecule has 5 nitrogen and oxygen atoms in total. The zero-order valence-electron chi connectivity index (χ0n) is 18.0. The van der Waals surface area contributed by atoms with E-state index in [0.717, 1.165) is 17.1 Å². The van der Waals surface area contributed by atoms with Crippen LogP contribution in [0.15, 0.2) is 65.8 Å². The molecule has 0 aliphatic rings. The van der Waals surface area contributed by atoms with E-state index in [-0.39, 0.29) is 11.2 Å². The second kappa shape index (κ2) is 8.94. The van der Waals surface area contributed by atoms with E-state index in [1.54, 1.807) is 0 Å². The lowest BCUT2D eigenvalue weighted by atomic mass is 10.0. The Kier molecular flexibility index (Phi) is 6.09. The topological polar surface area (TPSA) is 73.8 Å². The molecular formula is C25H26N4OS. The molecule has 31 heavy (non-hydrogen) atoms. The van der Waals surface area contributed by atoms with Crippen molar-refractivity contribution in [2.24, 2.45) is 5.73 Å². The minimum absolute atomic E-state index is 0.335. The molecule has 0 spiro atoms. The standard InChI is InChI=1S/C25H26N4OS/c1-4-22(24(26)30)31-25-28-27-23(29(25)21-13-12-16(2)14-17(21)3)15-19-10-7-9-18-8-5-6-11-20(18)19/h5-14,22H,4,15H2,1-3H3,(H2,26,30). The summed E-state index contributed by atoms with van der Waals surface area (Å²) in [7, 11) is 0. The second-order valence-electron chi connectivity index (χ2n) is 7.76. The lowest BCUT2D eigenvalue weighted by Crippen LogP contribution is -2.25. The van der Waals surface area contributed by atoms with Gasteiger partial charge in [-0.1, -0.05) is 78.8 Å². The van der Waals surface area contributed by atoms with Crippen LogP contribution in [-0.4, -0.2) is 25.9 Å². The van der Waals surface area contributed by atoms with Gasteiger partial charge in [0.25, 0.3) is 0 Å². The summed E-state index contributed by atoms with van der Waals surface area (Å²) in [6.07, 6.45) is 1.27. The number of thioether (sulfide) groups is 1. The molecule has 2 N–H and O–H groups in total. The van der Waals surface area contributed by atoms with Crippen molar-refractivity contribution in [3.63, 3.8) is 0 Å². The van der Waals surface area contributed by atoms with Crippen molar-refractivity contribution in [1.82, 2.24) is 14.8 Å². The van der Waals surface area contributed by atoms with Gasteiger partial charge in [0.1, 0.15) is 5.82 Å². The van der Waals surface area contributed by atoms with Crippen LogP contribution in [0.1, 0.15) is 35.9 Å². The molecule has 0 bridgehead atoms. The summed E-state index contributed by atoms with van der Waals surface area (Å²) in [5.74, 6) is 0.503. The zero-order valence-corrected chi connectivity index (χ0v) is 18.8. The Morgan fingerprint density at radius 1 is 1.06 bits per heavy atom. The van der Waals surface area contributed by atoms with Gasteiger partial charge >= 0.3 is 0 Å².